The number of nitrogens with zero attached hydrogens (tertiary/aromatic N) is 5. The summed E-state index contributed by atoms with van der Waals surface area (Å²) in [6.07, 6.45) is 5.68. The summed E-state index contributed by atoms with van der Waals surface area (Å²) in [5.41, 5.74) is 5.63. The number of rotatable bonds is 5. The maximum absolute atomic E-state index is 4.83. The topological polar surface area (TPSA) is 84.3 Å². The van der Waals surface area contributed by atoms with Gasteiger partial charge in [-0.2, -0.15) is 5.10 Å². The van der Waals surface area contributed by atoms with Gasteiger partial charge in [-0.25, -0.2) is 15.0 Å². The Morgan fingerprint density at radius 3 is 2.85 bits per heavy atom. The highest BCUT2D eigenvalue weighted by molar-refractivity contribution is 5.85. The van der Waals surface area contributed by atoms with E-state index >= 15 is 0 Å². The van der Waals surface area contributed by atoms with Crippen molar-refractivity contribution in [2.24, 2.45) is 0 Å². The van der Waals surface area contributed by atoms with E-state index in [0.717, 1.165) is 45.8 Å². The van der Waals surface area contributed by atoms with Gasteiger partial charge in [0.1, 0.15) is 11.3 Å². The molecular formula is C20H23N7. The maximum atomic E-state index is 4.83. The molecule has 0 aliphatic rings. The fourth-order valence-corrected chi connectivity index (χ4v) is 3.09. The monoisotopic (exact) mass is 361 g/mol. The Balaban J connectivity index is 1.87. The largest absolute Gasteiger partial charge is 0.354 e. The number of hydrogen-bond donors (Lipinski definition) is 2. The molecule has 27 heavy (non-hydrogen) atoms. The lowest BCUT2D eigenvalue weighted by Crippen LogP contribution is -2.02. The number of nitrogens with one attached hydrogen (secondary N) is 2. The molecule has 4 rings (SSSR count). The molecule has 0 radical (unpaired) electrons. The second-order valence-corrected chi connectivity index (χ2v) is 6.88. The van der Waals surface area contributed by atoms with Crippen LogP contribution in [0.2, 0.25) is 0 Å². The molecule has 0 aromatic carbocycles. The number of H-pyrrole nitrogens is 1. The third-order valence-corrected chi connectivity index (χ3v) is 4.41. The van der Waals surface area contributed by atoms with Crippen molar-refractivity contribution in [3.8, 4) is 22.5 Å². The lowest BCUT2D eigenvalue weighted by molar-refractivity contribution is 0.534. The molecule has 0 aliphatic carbocycles. The molecule has 4 aromatic heterocycles. The highest BCUT2D eigenvalue weighted by Crippen LogP contribution is 2.32. The number of hydrogen-bond acceptors (Lipinski definition) is 5. The van der Waals surface area contributed by atoms with E-state index in [1.54, 1.807) is 6.20 Å². The first-order valence-electron chi connectivity index (χ1n) is 9.17. The van der Waals surface area contributed by atoms with Gasteiger partial charge in [-0.1, -0.05) is 0 Å². The summed E-state index contributed by atoms with van der Waals surface area (Å²) in [4.78, 5) is 16.8. The minimum absolute atomic E-state index is 0.249. The zero-order valence-corrected chi connectivity index (χ0v) is 16.0. The minimum atomic E-state index is 0.249. The van der Waals surface area contributed by atoms with Gasteiger partial charge in [-0.3, -0.25) is 4.68 Å². The van der Waals surface area contributed by atoms with Crippen LogP contribution in [0.1, 0.15) is 32.5 Å². The molecule has 138 valence electrons. The standard InChI is InChI=1S/C20H23N7/c1-5-21-20-22-7-6-17(25-20)16-11-27(12(2)3)26-18(16)15-9-14-8-13(4)24-19(14)23-10-15/h6-12H,5H2,1-4H3,(H,23,24)(H,21,22,25). The molecule has 0 fully saturated rings. The second kappa shape index (κ2) is 6.83. The molecule has 0 atom stereocenters. The second-order valence-electron chi connectivity index (χ2n) is 6.88. The lowest BCUT2D eigenvalue weighted by atomic mass is 10.1. The van der Waals surface area contributed by atoms with Crippen LogP contribution in [-0.4, -0.2) is 36.3 Å². The van der Waals surface area contributed by atoms with Crippen LogP contribution < -0.4 is 5.32 Å². The smallest absolute Gasteiger partial charge is 0.223 e. The van der Waals surface area contributed by atoms with Crippen LogP contribution in [0.4, 0.5) is 5.95 Å². The fourth-order valence-electron chi connectivity index (χ4n) is 3.09. The Morgan fingerprint density at radius 2 is 2.07 bits per heavy atom. The van der Waals surface area contributed by atoms with Crippen molar-refractivity contribution in [1.82, 2.24) is 29.7 Å². The summed E-state index contributed by atoms with van der Waals surface area (Å²) in [6, 6.07) is 6.38. The third-order valence-electron chi connectivity index (χ3n) is 4.41. The molecule has 7 heteroatoms. The van der Waals surface area contributed by atoms with Gasteiger partial charge in [0.25, 0.3) is 0 Å². The van der Waals surface area contributed by atoms with E-state index in [0.29, 0.717) is 5.95 Å². The zero-order valence-electron chi connectivity index (χ0n) is 16.0. The van der Waals surface area contributed by atoms with Crippen molar-refractivity contribution in [2.45, 2.75) is 33.7 Å². The Bertz CT molecular complexity index is 1090. The first-order chi connectivity index (χ1) is 13.0. The Labute approximate surface area is 157 Å². The number of aromatic nitrogens is 6. The first kappa shape index (κ1) is 17.2. The summed E-state index contributed by atoms with van der Waals surface area (Å²) in [7, 11) is 0. The van der Waals surface area contributed by atoms with E-state index in [2.05, 4.69) is 51.2 Å². The van der Waals surface area contributed by atoms with Crippen molar-refractivity contribution in [3.05, 3.63) is 42.5 Å². The number of aryl methyl sites for hydroxylation is 1. The molecule has 0 saturated heterocycles. The number of aromatic amines is 1. The van der Waals surface area contributed by atoms with Gasteiger partial charge in [0.05, 0.1) is 5.69 Å². The minimum Gasteiger partial charge on any atom is -0.354 e. The van der Waals surface area contributed by atoms with Crippen LogP contribution >= 0.6 is 0 Å². The van der Waals surface area contributed by atoms with Gasteiger partial charge >= 0.3 is 0 Å². The third kappa shape index (κ3) is 3.28. The lowest BCUT2D eigenvalue weighted by Gasteiger charge is -2.05. The van der Waals surface area contributed by atoms with Gasteiger partial charge < -0.3 is 10.3 Å². The maximum Gasteiger partial charge on any atom is 0.223 e. The molecule has 0 aliphatic heterocycles. The number of pyridine rings is 1. The van der Waals surface area contributed by atoms with Crippen molar-refractivity contribution in [1.29, 1.82) is 0 Å². The molecule has 7 nitrogen and oxygen atoms in total. The van der Waals surface area contributed by atoms with E-state index in [1.165, 1.54) is 0 Å². The number of anilines is 1. The van der Waals surface area contributed by atoms with Crippen LogP contribution in [0.3, 0.4) is 0 Å². The molecule has 4 heterocycles. The summed E-state index contributed by atoms with van der Waals surface area (Å²) in [5, 5.41) is 9.07. The Hall–Kier alpha value is -3.22. The highest BCUT2D eigenvalue weighted by Gasteiger charge is 2.17. The first-order valence-corrected chi connectivity index (χ1v) is 9.17. The van der Waals surface area contributed by atoms with Crippen LogP contribution in [0, 0.1) is 6.92 Å². The van der Waals surface area contributed by atoms with Crippen LogP contribution in [0.5, 0.6) is 0 Å². The summed E-state index contributed by atoms with van der Waals surface area (Å²) >= 11 is 0. The summed E-state index contributed by atoms with van der Waals surface area (Å²) in [5.74, 6) is 0.619. The SMILES string of the molecule is CCNc1nccc(-c2cn(C(C)C)nc2-c2cnc3[nH]c(C)cc3c2)n1. The van der Waals surface area contributed by atoms with E-state index in [-0.39, 0.29) is 6.04 Å². The highest BCUT2D eigenvalue weighted by atomic mass is 15.3. The van der Waals surface area contributed by atoms with E-state index in [1.807, 2.05) is 37.0 Å². The van der Waals surface area contributed by atoms with Crippen molar-refractivity contribution < 1.29 is 0 Å². The molecule has 0 spiro atoms. The quantitative estimate of drug-likeness (QED) is 0.556. The molecule has 2 N–H and O–H groups in total. The van der Waals surface area contributed by atoms with Gasteiger partial charge in [0, 0.05) is 53.4 Å². The van der Waals surface area contributed by atoms with E-state index in [4.69, 9.17) is 5.10 Å². The Kier molecular flexibility index (Phi) is 4.35. The molecule has 0 unspecified atom stereocenters. The van der Waals surface area contributed by atoms with Gasteiger partial charge in [0.15, 0.2) is 0 Å². The summed E-state index contributed by atoms with van der Waals surface area (Å²) < 4.78 is 1.96. The zero-order chi connectivity index (χ0) is 19.0. The van der Waals surface area contributed by atoms with Gasteiger partial charge in [-0.05, 0) is 45.9 Å². The van der Waals surface area contributed by atoms with Gasteiger partial charge in [0.2, 0.25) is 5.95 Å². The average Bonchev–Trinajstić information content (AvgIpc) is 3.24. The summed E-state index contributed by atoms with van der Waals surface area (Å²) in [6.45, 7) is 9.06. The predicted octanol–water partition coefficient (Wildman–Crippen LogP) is 4.20. The van der Waals surface area contributed by atoms with E-state index < -0.39 is 0 Å². The molecular weight excluding hydrogens is 338 g/mol. The van der Waals surface area contributed by atoms with Crippen LogP contribution in [0.25, 0.3) is 33.5 Å². The molecule has 0 bridgehead atoms. The van der Waals surface area contributed by atoms with Gasteiger partial charge in [-0.15, -0.1) is 0 Å². The van der Waals surface area contributed by atoms with Crippen LogP contribution in [-0.2, 0) is 0 Å². The van der Waals surface area contributed by atoms with Crippen molar-refractivity contribution >= 4 is 17.0 Å². The molecule has 0 amide bonds. The predicted molar refractivity (Wildman–Crippen MR) is 108 cm³/mol. The van der Waals surface area contributed by atoms with Crippen LogP contribution in [0.15, 0.2) is 36.8 Å². The van der Waals surface area contributed by atoms with Crippen molar-refractivity contribution in [2.75, 3.05) is 11.9 Å². The molecule has 0 saturated carbocycles. The molecule has 4 aromatic rings. The van der Waals surface area contributed by atoms with E-state index in [9.17, 15) is 0 Å². The van der Waals surface area contributed by atoms with Crippen molar-refractivity contribution in [3.63, 3.8) is 0 Å². The fraction of sp³-hybridized carbons (Fsp3) is 0.300. The Morgan fingerprint density at radius 1 is 1.22 bits per heavy atom. The number of fused-ring (bicyclic) bond motifs is 1. The normalized spacial score (nSPS) is 11.4. The average molecular weight is 361 g/mol.